The van der Waals surface area contributed by atoms with Crippen LogP contribution in [0.3, 0.4) is 0 Å². The molecular formula is C35H49N3O4S. The minimum Gasteiger partial charge on any atom is -0.493 e. The number of nitrogens with zero attached hydrogens (tertiary/aromatic N) is 2. The highest BCUT2D eigenvalue weighted by molar-refractivity contribution is 7.10. The zero-order valence-electron chi connectivity index (χ0n) is 27.3. The molecule has 0 radical (unpaired) electrons. The zero-order chi connectivity index (χ0) is 31.7. The Hall–Kier alpha value is -3.52. The van der Waals surface area contributed by atoms with E-state index in [2.05, 4.69) is 83.4 Å². The van der Waals surface area contributed by atoms with Gasteiger partial charge in [0, 0.05) is 23.7 Å². The topological polar surface area (TPSA) is 71.1 Å². The number of ether oxygens (including phenoxy) is 2. The Morgan fingerprint density at radius 2 is 1.53 bits per heavy atom. The van der Waals surface area contributed by atoms with E-state index in [0.29, 0.717) is 37.6 Å². The van der Waals surface area contributed by atoms with Gasteiger partial charge in [0.15, 0.2) is 11.5 Å². The van der Waals surface area contributed by atoms with Gasteiger partial charge in [0.05, 0.1) is 20.8 Å². The van der Waals surface area contributed by atoms with Gasteiger partial charge in [-0.05, 0) is 76.9 Å². The number of para-hydroxylation sites is 1. The van der Waals surface area contributed by atoms with Crippen LogP contribution in [-0.4, -0.2) is 55.6 Å². The van der Waals surface area contributed by atoms with Crippen molar-refractivity contribution in [2.45, 2.75) is 73.3 Å². The molecule has 3 aromatic rings. The smallest absolute Gasteiger partial charge is 0.322 e. The number of aryl methyl sites for hydroxylation is 1. The van der Waals surface area contributed by atoms with Crippen LogP contribution in [0.4, 0.5) is 10.5 Å². The standard InChI is InChI=1S/C35H49N3O4S/c1-23(2)20-38(35(40)36-34-28(24(3)4)11-10-12-29(34)25(5)6)22-33(39)37(21-32-26(7)16-18-43-32)17-15-27-13-14-30(41-8)31(19-27)42-9/h10-14,16,18-19,23-25H,15,17,20-22H2,1-9H3,(H,36,40). The molecule has 0 unspecified atom stereocenters. The third-order valence-electron chi connectivity index (χ3n) is 7.58. The first-order chi connectivity index (χ1) is 20.4. The first-order valence-corrected chi connectivity index (χ1v) is 16.0. The molecule has 1 N–H and O–H groups in total. The van der Waals surface area contributed by atoms with E-state index in [1.807, 2.05) is 23.1 Å². The number of rotatable bonds is 14. The van der Waals surface area contributed by atoms with Gasteiger partial charge in [0.1, 0.15) is 6.54 Å². The number of carbonyl (C=O) groups is 2. The van der Waals surface area contributed by atoms with Gasteiger partial charge in [-0.1, -0.05) is 65.8 Å². The quantitative estimate of drug-likeness (QED) is 0.201. The van der Waals surface area contributed by atoms with E-state index in [0.717, 1.165) is 32.8 Å². The van der Waals surface area contributed by atoms with Crippen molar-refractivity contribution in [2.75, 3.05) is 39.2 Å². The highest BCUT2D eigenvalue weighted by atomic mass is 32.1. The van der Waals surface area contributed by atoms with E-state index < -0.39 is 0 Å². The molecule has 0 aliphatic carbocycles. The van der Waals surface area contributed by atoms with Crippen molar-refractivity contribution < 1.29 is 19.1 Å². The van der Waals surface area contributed by atoms with Gasteiger partial charge in [-0.25, -0.2) is 4.79 Å². The highest BCUT2D eigenvalue weighted by Crippen LogP contribution is 2.33. The van der Waals surface area contributed by atoms with Crippen LogP contribution in [0, 0.1) is 12.8 Å². The Morgan fingerprint density at radius 1 is 0.884 bits per heavy atom. The number of hydrogen-bond acceptors (Lipinski definition) is 5. The lowest BCUT2D eigenvalue weighted by Gasteiger charge is -2.30. The van der Waals surface area contributed by atoms with Gasteiger partial charge in [-0.15, -0.1) is 11.3 Å². The van der Waals surface area contributed by atoms with Gasteiger partial charge < -0.3 is 24.6 Å². The lowest BCUT2D eigenvalue weighted by Crippen LogP contribution is -2.46. The number of anilines is 1. The number of benzene rings is 2. The third-order valence-corrected chi connectivity index (χ3v) is 8.59. The molecule has 0 atom stereocenters. The molecule has 0 spiro atoms. The van der Waals surface area contributed by atoms with Crippen LogP contribution < -0.4 is 14.8 Å². The van der Waals surface area contributed by atoms with Gasteiger partial charge >= 0.3 is 6.03 Å². The molecule has 3 amide bonds. The molecule has 7 nitrogen and oxygen atoms in total. The lowest BCUT2D eigenvalue weighted by molar-refractivity contribution is -0.132. The summed E-state index contributed by atoms with van der Waals surface area (Å²) >= 11 is 1.65. The Bertz CT molecular complexity index is 1340. The Labute approximate surface area is 262 Å². The van der Waals surface area contributed by atoms with E-state index in [1.165, 1.54) is 0 Å². The van der Waals surface area contributed by atoms with Crippen molar-refractivity contribution in [3.63, 3.8) is 0 Å². The van der Waals surface area contributed by atoms with Crippen LogP contribution in [0.5, 0.6) is 11.5 Å². The number of urea groups is 1. The second-order valence-electron chi connectivity index (χ2n) is 12.1. The van der Waals surface area contributed by atoms with E-state index in [1.54, 1.807) is 30.5 Å². The Balaban J connectivity index is 1.86. The average molecular weight is 608 g/mol. The molecule has 0 aliphatic heterocycles. The molecule has 1 heterocycles. The molecule has 43 heavy (non-hydrogen) atoms. The van der Waals surface area contributed by atoms with Gasteiger partial charge in [-0.2, -0.15) is 0 Å². The summed E-state index contributed by atoms with van der Waals surface area (Å²) in [7, 11) is 3.24. The van der Waals surface area contributed by atoms with Crippen LogP contribution in [-0.2, 0) is 17.8 Å². The number of carbonyl (C=O) groups excluding carboxylic acids is 2. The molecular weight excluding hydrogens is 558 g/mol. The van der Waals surface area contributed by atoms with E-state index in [-0.39, 0.29) is 36.2 Å². The van der Waals surface area contributed by atoms with Crippen molar-refractivity contribution in [1.29, 1.82) is 0 Å². The molecule has 8 heteroatoms. The van der Waals surface area contributed by atoms with Crippen molar-refractivity contribution in [3.05, 3.63) is 75.0 Å². The summed E-state index contributed by atoms with van der Waals surface area (Å²) in [5.41, 5.74) is 5.26. The summed E-state index contributed by atoms with van der Waals surface area (Å²) in [6.45, 7) is 16.2. The number of hydrogen-bond donors (Lipinski definition) is 1. The first kappa shape index (κ1) is 34.0. The van der Waals surface area contributed by atoms with Crippen LogP contribution in [0.25, 0.3) is 0 Å². The monoisotopic (exact) mass is 607 g/mol. The Morgan fingerprint density at radius 3 is 2.07 bits per heavy atom. The minimum absolute atomic E-state index is 0.00122. The maximum atomic E-state index is 14.0. The molecule has 0 bridgehead atoms. The lowest BCUT2D eigenvalue weighted by atomic mass is 9.93. The van der Waals surface area contributed by atoms with Gasteiger partial charge in [-0.3, -0.25) is 4.79 Å². The highest BCUT2D eigenvalue weighted by Gasteiger charge is 2.25. The predicted molar refractivity (Wildman–Crippen MR) is 178 cm³/mol. The summed E-state index contributed by atoms with van der Waals surface area (Å²) in [6.07, 6.45) is 0.645. The Kier molecular flexibility index (Phi) is 12.5. The molecule has 1 aromatic heterocycles. The third kappa shape index (κ3) is 9.23. The molecule has 234 valence electrons. The first-order valence-electron chi connectivity index (χ1n) is 15.1. The summed E-state index contributed by atoms with van der Waals surface area (Å²) in [6, 6.07) is 13.9. The van der Waals surface area contributed by atoms with Crippen LogP contribution >= 0.6 is 11.3 Å². The van der Waals surface area contributed by atoms with Gasteiger partial charge in [0.2, 0.25) is 5.91 Å². The molecule has 0 fully saturated rings. The second kappa shape index (κ2) is 15.8. The minimum atomic E-state index is -0.246. The predicted octanol–water partition coefficient (Wildman–Crippen LogP) is 8.08. The summed E-state index contributed by atoms with van der Waals surface area (Å²) in [4.78, 5) is 32.5. The van der Waals surface area contributed by atoms with E-state index in [4.69, 9.17) is 9.47 Å². The largest absolute Gasteiger partial charge is 0.493 e. The van der Waals surface area contributed by atoms with Crippen molar-refractivity contribution >= 4 is 29.0 Å². The van der Waals surface area contributed by atoms with E-state index in [9.17, 15) is 9.59 Å². The second-order valence-corrected chi connectivity index (χ2v) is 13.1. The maximum Gasteiger partial charge on any atom is 0.322 e. The van der Waals surface area contributed by atoms with Gasteiger partial charge in [0.25, 0.3) is 0 Å². The number of thiophene rings is 1. The normalized spacial score (nSPS) is 11.3. The number of nitrogens with one attached hydrogen (secondary N) is 1. The fourth-order valence-corrected chi connectivity index (χ4v) is 6.06. The van der Waals surface area contributed by atoms with Crippen molar-refractivity contribution in [2.24, 2.45) is 5.92 Å². The summed E-state index contributed by atoms with van der Waals surface area (Å²) in [5.74, 6) is 1.94. The SMILES string of the molecule is COc1ccc(CCN(Cc2sccc2C)C(=O)CN(CC(C)C)C(=O)Nc2c(C(C)C)cccc2C(C)C)cc1OC. The average Bonchev–Trinajstić information content (AvgIpc) is 3.37. The fraction of sp³-hybridized carbons (Fsp3) is 0.486. The van der Waals surface area contributed by atoms with E-state index >= 15 is 0 Å². The molecule has 0 saturated carbocycles. The van der Waals surface area contributed by atoms with Crippen LogP contribution in [0.15, 0.2) is 47.8 Å². The van der Waals surface area contributed by atoms with Crippen molar-refractivity contribution in [3.8, 4) is 11.5 Å². The summed E-state index contributed by atoms with van der Waals surface area (Å²) in [5, 5.41) is 5.27. The molecule has 0 aliphatic rings. The fourth-order valence-electron chi connectivity index (χ4n) is 5.14. The molecule has 0 saturated heterocycles. The van der Waals surface area contributed by atoms with Crippen LogP contribution in [0.2, 0.25) is 0 Å². The molecule has 2 aromatic carbocycles. The number of methoxy groups -OCH3 is 2. The van der Waals surface area contributed by atoms with Crippen molar-refractivity contribution in [1.82, 2.24) is 9.80 Å². The molecule has 3 rings (SSSR count). The zero-order valence-corrected chi connectivity index (χ0v) is 28.1. The maximum absolute atomic E-state index is 14.0. The number of amides is 3. The summed E-state index contributed by atoms with van der Waals surface area (Å²) < 4.78 is 10.9. The van der Waals surface area contributed by atoms with Crippen LogP contribution in [0.1, 0.15) is 80.5 Å².